The predicted octanol–water partition coefficient (Wildman–Crippen LogP) is 7.59. The van der Waals surface area contributed by atoms with E-state index in [9.17, 15) is 0 Å². The summed E-state index contributed by atoms with van der Waals surface area (Å²) in [5.74, 6) is 0.862. The third-order valence-corrected chi connectivity index (χ3v) is 6.30. The lowest BCUT2D eigenvalue weighted by Gasteiger charge is -2.19. The van der Waals surface area contributed by atoms with Crippen LogP contribution in [-0.2, 0) is 5.41 Å². The second-order valence-electron chi connectivity index (χ2n) is 9.65. The number of aryl methyl sites for hydroxylation is 1. The predicted molar refractivity (Wildman–Crippen MR) is 135 cm³/mol. The van der Waals surface area contributed by atoms with Crippen molar-refractivity contribution in [3.8, 4) is 17.1 Å². The van der Waals surface area contributed by atoms with Gasteiger partial charge in [-0.15, -0.1) is 0 Å². The Bertz CT molecular complexity index is 1650. The van der Waals surface area contributed by atoms with Crippen LogP contribution in [0.1, 0.15) is 32.0 Å². The van der Waals surface area contributed by atoms with Crippen molar-refractivity contribution in [1.29, 1.82) is 0 Å². The van der Waals surface area contributed by atoms with Crippen LogP contribution < -0.4 is 0 Å². The van der Waals surface area contributed by atoms with Gasteiger partial charge in [-0.05, 0) is 60.4 Å². The molecule has 0 radical (unpaired) electrons. The minimum Gasteiger partial charge on any atom is -0.437 e. The molecule has 0 amide bonds. The number of para-hydroxylation sites is 3. The molecule has 0 atom stereocenters. The lowest BCUT2D eigenvalue weighted by molar-refractivity contribution is 0.590. The topological polar surface area (TPSA) is 43.9 Å². The lowest BCUT2D eigenvalue weighted by atomic mass is 9.87. The highest BCUT2D eigenvalue weighted by Crippen LogP contribution is 2.37. The van der Waals surface area contributed by atoms with E-state index in [4.69, 9.17) is 9.40 Å². The van der Waals surface area contributed by atoms with E-state index in [0.717, 1.165) is 50.2 Å². The number of imidazole rings is 1. The fourth-order valence-electron chi connectivity index (χ4n) is 4.53. The van der Waals surface area contributed by atoms with Gasteiger partial charge in [0.25, 0.3) is 0 Å². The van der Waals surface area contributed by atoms with Gasteiger partial charge in [-0.2, -0.15) is 0 Å². The van der Waals surface area contributed by atoms with Gasteiger partial charge in [-0.1, -0.05) is 57.2 Å². The van der Waals surface area contributed by atoms with E-state index in [2.05, 4.69) is 97.1 Å². The minimum atomic E-state index is 0.101. The van der Waals surface area contributed by atoms with Crippen molar-refractivity contribution in [3.05, 3.63) is 90.1 Å². The Morgan fingerprint density at radius 3 is 2.33 bits per heavy atom. The van der Waals surface area contributed by atoms with Gasteiger partial charge in [-0.25, -0.2) is 9.97 Å². The largest absolute Gasteiger partial charge is 0.437 e. The maximum atomic E-state index is 6.31. The third-order valence-electron chi connectivity index (χ3n) is 6.30. The molecule has 0 saturated carbocycles. The molecule has 0 bridgehead atoms. The van der Waals surface area contributed by atoms with Crippen LogP contribution in [0.4, 0.5) is 0 Å². The molecule has 0 fully saturated rings. The maximum absolute atomic E-state index is 6.31. The normalized spacial score (nSPS) is 12.2. The Kier molecular flexibility index (Phi) is 4.21. The molecule has 3 aromatic carbocycles. The average Bonchev–Trinajstić information content (AvgIpc) is 3.36. The van der Waals surface area contributed by atoms with Crippen molar-refractivity contribution in [2.24, 2.45) is 0 Å². The monoisotopic (exact) mass is 431 g/mol. The molecule has 3 heterocycles. The number of aromatic nitrogens is 3. The lowest BCUT2D eigenvalue weighted by Crippen LogP contribution is -2.11. The van der Waals surface area contributed by atoms with Crippen LogP contribution in [0.3, 0.4) is 0 Å². The second kappa shape index (κ2) is 7.04. The van der Waals surface area contributed by atoms with Crippen molar-refractivity contribution in [2.45, 2.75) is 33.1 Å². The van der Waals surface area contributed by atoms with Crippen LogP contribution in [0.25, 0.3) is 50.2 Å². The Morgan fingerprint density at radius 2 is 1.55 bits per heavy atom. The van der Waals surface area contributed by atoms with Gasteiger partial charge in [-0.3, -0.25) is 4.57 Å². The van der Waals surface area contributed by atoms with Gasteiger partial charge < -0.3 is 4.42 Å². The van der Waals surface area contributed by atoms with Gasteiger partial charge in [0, 0.05) is 22.2 Å². The van der Waals surface area contributed by atoms with Gasteiger partial charge in [0.05, 0.1) is 16.6 Å². The molecule has 0 saturated heterocycles. The SMILES string of the molecule is Cc1ccc2c(n1)oc1c(-c3nc4ccccc4n3-c3ccc(C(C)(C)C)cc3)cccc12. The summed E-state index contributed by atoms with van der Waals surface area (Å²) in [5, 5.41) is 2.08. The van der Waals surface area contributed by atoms with E-state index in [1.807, 2.05) is 19.1 Å². The number of benzene rings is 3. The molecule has 4 heteroatoms. The smallest absolute Gasteiger partial charge is 0.227 e. The first kappa shape index (κ1) is 19.7. The molecule has 0 unspecified atom stereocenters. The third kappa shape index (κ3) is 3.13. The summed E-state index contributed by atoms with van der Waals surface area (Å²) in [6.07, 6.45) is 0. The number of hydrogen-bond donors (Lipinski definition) is 0. The highest BCUT2D eigenvalue weighted by Gasteiger charge is 2.20. The summed E-state index contributed by atoms with van der Waals surface area (Å²) in [7, 11) is 0. The van der Waals surface area contributed by atoms with Crippen LogP contribution in [0, 0.1) is 6.92 Å². The Balaban J connectivity index is 1.64. The molecule has 162 valence electrons. The maximum Gasteiger partial charge on any atom is 0.227 e. The zero-order chi connectivity index (χ0) is 22.7. The number of nitrogens with zero attached hydrogens (tertiary/aromatic N) is 3. The van der Waals surface area contributed by atoms with Crippen LogP contribution in [-0.4, -0.2) is 14.5 Å². The zero-order valence-corrected chi connectivity index (χ0v) is 19.3. The van der Waals surface area contributed by atoms with Crippen LogP contribution in [0.2, 0.25) is 0 Å². The van der Waals surface area contributed by atoms with Gasteiger partial charge in [0.15, 0.2) is 0 Å². The number of furan rings is 1. The number of rotatable bonds is 2. The zero-order valence-electron chi connectivity index (χ0n) is 19.3. The molecular formula is C29H25N3O. The first-order chi connectivity index (χ1) is 15.9. The molecule has 4 nitrogen and oxygen atoms in total. The number of pyridine rings is 1. The van der Waals surface area contributed by atoms with E-state index in [-0.39, 0.29) is 5.41 Å². The van der Waals surface area contributed by atoms with E-state index >= 15 is 0 Å². The van der Waals surface area contributed by atoms with Crippen molar-refractivity contribution >= 4 is 33.1 Å². The van der Waals surface area contributed by atoms with Crippen molar-refractivity contribution in [3.63, 3.8) is 0 Å². The summed E-state index contributed by atoms with van der Waals surface area (Å²) in [4.78, 5) is 9.66. The van der Waals surface area contributed by atoms with Crippen LogP contribution in [0.15, 0.2) is 83.3 Å². The minimum absolute atomic E-state index is 0.101. The summed E-state index contributed by atoms with van der Waals surface area (Å²) >= 11 is 0. The van der Waals surface area contributed by atoms with Gasteiger partial charge in [0.1, 0.15) is 11.4 Å². The second-order valence-corrected chi connectivity index (χ2v) is 9.65. The number of fused-ring (bicyclic) bond motifs is 4. The van der Waals surface area contributed by atoms with Crippen molar-refractivity contribution in [1.82, 2.24) is 14.5 Å². The van der Waals surface area contributed by atoms with E-state index in [0.29, 0.717) is 5.71 Å². The highest BCUT2D eigenvalue weighted by atomic mass is 16.3. The fourth-order valence-corrected chi connectivity index (χ4v) is 4.53. The van der Waals surface area contributed by atoms with E-state index in [1.165, 1.54) is 5.56 Å². The summed E-state index contributed by atoms with van der Waals surface area (Å²) in [5.41, 5.74) is 7.87. The molecule has 0 N–H and O–H groups in total. The van der Waals surface area contributed by atoms with Gasteiger partial charge in [0.2, 0.25) is 5.71 Å². The quantitative estimate of drug-likeness (QED) is 0.284. The summed E-state index contributed by atoms with van der Waals surface area (Å²) in [6.45, 7) is 8.68. The van der Waals surface area contributed by atoms with Crippen molar-refractivity contribution < 1.29 is 4.42 Å². The number of hydrogen-bond acceptors (Lipinski definition) is 3. The van der Waals surface area contributed by atoms with Crippen LogP contribution in [0.5, 0.6) is 0 Å². The molecule has 6 rings (SSSR count). The molecule has 0 spiro atoms. The Morgan fingerprint density at radius 1 is 0.758 bits per heavy atom. The molecular weight excluding hydrogens is 406 g/mol. The average molecular weight is 432 g/mol. The van der Waals surface area contributed by atoms with E-state index < -0.39 is 0 Å². The first-order valence-electron chi connectivity index (χ1n) is 11.3. The molecule has 33 heavy (non-hydrogen) atoms. The molecule has 3 aromatic heterocycles. The van der Waals surface area contributed by atoms with Crippen molar-refractivity contribution in [2.75, 3.05) is 0 Å². The molecule has 0 aliphatic rings. The van der Waals surface area contributed by atoms with Gasteiger partial charge >= 0.3 is 0 Å². The Hall–Kier alpha value is -3.92. The standard InChI is InChI=1S/C29H25N3O/c1-18-12-17-22-21-8-7-9-23(26(21)33-28(22)30-18)27-31-24-10-5-6-11-25(24)32(27)20-15-13-19(14-16-20)29(2,3)4/h5-17H,1-4H3. The molecule has 0 aliphatic carbocycles. The summed E-state index contributed by atoms with van der Waals surface area (Å²) < 4.78 is 8.53. The van der Waals surface area contributed by atoms with E-state index in [1.54, 1.807) is 0 Å². The first-order valence-corrected chi connectivity index (χ1v) is 11.3. The van der Waals surface area contributed by atoms with Crippen LogP contribution >= 0.6 is 0 Å². The summed E-state index contributed by atoms with van der Waals surface area (Å²) in [6, 6.07) is 27.4. The fraction of sp³-hybridized carbons (Fsp3) is 0.172. The molecule has 0 aliphatic heterocycles. The Labute approximate surface area is 192 Å². The highest BCUT2D eigenvalue weighted by molar-refractivity contribution is 6.08. The molecule has 6 aromatic rings.